The van der Waals surface area contributed by atoms with Gasteiger partial charge in [-0.25, -0.2) is 0 Å². The molecule has 0 aromatic carbocycles. The van der Waals surface area contributed by atoms with E-state index in [1.807, 2.05) is 44.7 Å². The van der Waals surface area contributed by atoms with E-state index in [2.05, 4.69) is 4.99 Å². The Hall–Kier alpha value is -1.38. The predicted molar refractivity (Wildman–Crippen MR) is 62.9 cm³/mol. The summed E-state index contributed by atoms with van der Waals surface area (Å²) >= 11 is 0. The molecule has 0 saturated carbocycles. The number of rotatable bonds is 3. The first-order valence-corrected chi connectivity index (χ1v) is 5.27. The third kappa shape index (κ3) is 2.35. The number of hydrogen-bond acceptors (Lipinski definition) is 2. The highest BCUT2D eigenvalue weighted by Crippen LogP contribution is 2.22. The molecule has 0 aromatic heterocycles. The fourth-order valence-corrected chi connectivity index (χ4v) is 1.61. The number of carbonyl (C=O) groups excluding carboxylic acids is 1. The van der Waals surface area contributed by atoms with Gasteiger partial charge in [0, 0.05) is 12.3 Å². The largest absolute Gasteiger partial charge is 0.330 e. The van der Waals surface area contributed by atoms with Crippen LogP contribution >= 0.6 is 0 Å². The van der Waals surface area contributed by atoms with Gasteiger partial charge >= 0.3 is 0 Å². The van der Waals surface area contributed by atoms with Crippen LogP contribution in [0.4, 0.5) is 0 Å². The highest BCUT2D eigenvalue weighted by Gasteiger charge is 2.29. The Balaban J connectivity index is 3.02. The van der Waals surface area contributed by atoms with E-state index < -0.39 is 0 Å². The van der Waals surface area contributed by atoms with Crippen LogP contribution < -0.4 is 0 Å². The molecule has 1 amide bonds. The molecule has 0 unspecified atom stereocenters. The van der Waals surface area contributed by atoms with Crippen molar-refractivity contribution in [1.29, 1.82) is 0 Å². The summed E-state index contributed by atoms with van der Waals surface area (Å²) in [5.74, 6) is 0.0868. The van der Waals surface area contributed by atoms with E-state index in [0.29, 0.717) is 6.54 Å². The van der Waals surface area contributed by atoms with Crippen LogP contribution in [0.2, 0.25) is 0 Å². The molecule has 15 heavy (non-hydrogen) atoms. The molecule has 0 fully saturated rings. The summed E-state index contributed by atoms with van der Waals surface area (Å²) in [5, 5.41) is 0. The van der Waals surface area contributed by atoms with E-state index in [-0.39, 0.29) is 11.9 Å². The molecule has 0 aliphatic carbocycles. The Bertz CT molecular complexity index is 338. The minimum atomic E-state index is 0.0868. The number of allylic oxidation sites excluding steroid dienone is 1. The van der Waals surface area contributed by atoms with Gasteiger partial charge in [0.05, 0.1) is 17.8 Å². The van der Waals surface area contributed by atoms with E-state index in [9.17, 15) is 4.79 Å². The molecule has 0 saturated heterocycles. The van der Waals surface area contributed by atoms with Gasteiger partial charge in [-0.15, -0.1) is 0 Å². The van der Waals surface area contributed by atoms with Crippen LogP contribution in [0.5, 0.6) is 0 Å². The summed E-state index contributed by atoms with van der Waals surface area (Å²) in [6.45, 7) is 8.43. The molecule has 0 radical (unpaired) electrons. The van der Waals surface area contributed by atoms with Crippen molar-refractivity contribution < 1.29 is 4.79 Å². The molecule has 0 N–H and O–H groups in total. The van der Waals surface area contributed by atoms with Gasteiger partial charge in [0.15, 0.2) is 0 Å². The number of hydrogen-bond donors (Lipinski definition) is 0. The second kappa shape index (κ2) is 4.91. The molecule has 1 aliphatic rings. The van der Waals surface area contributed by atoms with Crippen molar-refractivity contribution >= 4 is 12.1 Å². The monoisotopic (exact) mass is 206 g/mol. The molecule has 1 heterocycles. The second-order valence-corrected chi connectivity index (χ2v) is 3.77. The second-order valence-electron chi connectivity index (χ2n) is 3.77. The van der Waals surface area contributed by atoms with E-state index in [1.165, 1.54) is 0 Å². The van der Waals surface area contributed by atoms with E-state index >= 15 is 0 Å². The van der Waals surface area contributed by atoms with Gasteiger partial charge < -0.3 is 4.90 Å². The molecular formula is C12H18N2O. The van der Waals surface area contributed by atoms with Gasteiger partial charge in [-0.2, -0.15) is 0 Å². The topological polar surface area (TPSA) is 32.7 Å². The van der Waals surface area contributed by atoms with Crippen LogP contribution in [0.1, 0.15) is 27.7 Å². The highest BCUT2D eigenvalue weighted by molar-refractivity contribution is 6.00. The van der Waals surface area contributed by atoms with E-state index in [4.69, 9.17) is 0 Å². The zero-order valence-corrected chi connectivity index (χ0v) is 9.82. The van der Waals surface area contributed by atoms with Crippen molar-refractivity contribution in [3.05, 3.63) is 23.4 Å². The summed E-state index contributed by atoms with van der Waals surface area (Å²) < 4.78 is 0. The predicted octanol–water partition coefficient (Wildman–Crippen LogP) is 2.16. The lowest BCUT2D eigenvalue weighted by molar-refractivity contribution is -0.126. The third-order valence-corrected chi connectivity index (χ3v) is 2.36. The number of amides is 1. The van der Waals surface area contributed by atoms with Gasteiger partial charge in [0.2, 0.25) is 0 Å². The van der Waals surface area contributed by atoms with Crippen LogP contribution in [0.3, 0.4) is 0 Å². The highest BCUT2D eigenvalue weighted by atomic mass is 16.2. The van der Waals surface area contributed by atoms with Crippen molar-refractivity contribution in [1.82, 2.24) is 4.90 Å². The van der Waals surface area contributed by atoms with Gasteiger partial charge in [0.1, 0.15) is 0 Å². The Morgan fingerprint density at radius 1 is 1.40 bits per heavy atom. The maximum atomic E-state index is 12.0. The first kappa shape index (κ1) is 11.7. The lowest BCUT2D eigenvalue weighted by atomic mass is 10.2. The molecular weight excluding hydrogens is 188 g/mol. The standard InChI is InChI=1S/C12H18N2O/c1-5-7-10-11(13-6-2)8-14(9(3)4)12(10)15/h5-7,9H,8H2,1-4H3/b7-5-,13-6-. The molecule has 3 heteroatoms. The smallest absolute Gasteiger partial charge is 0.256 e. The van der Waals surface area contributed by atoms with Crippen molar-refractivity contribution in [2.45, 2.75) is 33.7 Å². The first-order chi connectivity index (χ1) is 7.11. The third-order valence-electron chi connectivity index (χ3n) is 2.36. The van der Waals surface area contributed by atoms with Crippen LogP contribution in [0.15, 0.2) is 28.4 Å². The minimum Gasteiger partial charge on any atom is -0.330 e. The lowest BCUT2D eigenvalue weighted by Crippen LogP contribution is -2.33. The zero-order chi connectivity index (χ0) is 11.4. The minimum absolute atomic E-state index is 0.0868. The molecule has 1 rings (SSSR count). The molecule has 0 bridgehead atoms. The molecule has 82 valence electrons. The van der Waals surface area contributed by atoms with Gasteiger partial charge in [0.25, 0.3) is 5.91 Å². The number of nitrogens with zero attached hydrogens (tertiary/aromatic N) is 2. The van der Waals surface area contributed by atoms with Gasteiger partial charge in [-0.1, -0.05) is 12.2 Å². The summed E-state index contributed by atoms with van der Waals surface area (Å²) in [4.78, 5) is 18.0. The van der Waals surface area contributed by atoms with Crippen LogP contribution in [0.25, 0.3) is 0 Å². The van der Waals surface area contributed by atoms with Crippen molar-refractivity contribution in [3.8, 4) is 0 Å². The SMILES string of the molecule is C/C=C\C1=C(/N=C\C)CN(C(C)C)C1=O. The normalized spacial score (nSPS) is 18.2. The Kier molecular flexibility index (Phi) is 3.83. The van der Waals surface area contributed by atoms with Crippen LogP contribution in [-0.4, -0.2) is 29.6 Å². The van der Waals surface area contributed by atoms with E-state index in [0.717, 1.165) is 11.3 Å². The van der Waals surface area contributed by atoms with Crippen molar-refractivity contribution in [2.75, 3.05) is 6.54 Å². The molecule has 0 spiro atoms. The van der Waals surface area contributed by atoms with Gasteiger partial charge in [-0.05, 0) is 27.7 Å². The van der Waals surface area contributed by atoms with E-state index in [1.54, 1.807) is 6.21 Å². The summed E-state index contributed by atoms with van der Waals surface area (Å²) in [6, 6.07) is 0.224. The average Bonchev–Trinajstić information content (AvgIpc) is 2.47. The van der Waals surface area contributed by atoms with Crippen molar-refractivity contribution in [3.63, 3.8) is 0 Å². The Labute approximate surface area is 91.2 Å². The number of aliphatic imine (C=N–C) groups is 1. The quantitative estimate of drug-likeness (QED) is 0.651. The molecule has 1 aliphatic heterocycles. The number of carbonyl (C=O) groups is 1. The Morgan fingerprint density at radius 3 is 2.53 bits per heavy atom. The molecule has 3 nitrogen and oxygen atoms in total. The fraction of sp³-hybridized carbons (Fsp3) is 0.500. The van der Waals surface area contributed by atoms with Crippen LogP contribution in [0, 0.1) is 0 Å². The maximum Gasteiger partial charge on any atom is 0.256 e. The summed E-state index contributed by atoms with van der Waals surface area (Å²) in [6.07, 6.45) is 5.45. The maximum absolute atomic E-state index is 12.0. The van der Waals surface area contributed by atoms with Gasteiger partial charge in [-0.3, -0.25) is 9.79 Å². The zero-order valence-electron chi connectivity index (χ0n) is 9.82. The lowest BCUT2D eigenvalue weighted by Gasteiger charge is -2.20. The fourth-order valence-electron chi connectivity index (χ4n) is 1.61. The molecule has 0 aromatic rings. The Morgan fingerprint density at radius 2 is 2.07 bits per heavy atom. The van der Waals surface area contributed by atoms with Crippen molar-refractivity contribution in [2.24, 2.45) is 4.99 Å². The molecule has 0 atom stereocenters. The summed E-state index contributed by atoms with van der Waals surface area (Å²) in [7, 11) is 0. The first-order valence-electron chi connectivity index (χ1n) is 5.27. The summed E-state index contributed by atoms with van der Waals surface area (Å²) in [5.41, 5.74) is 1.60. The van der Waals surface area contributed by atoms with Crippen LogP contribution in [-0.2, 0) is 4.79 Å². The average molecular weight is 206 g/mol.